The van der Waals surface area contributed by atoms with E-state index >= 15 is 0 Å². The van der Waals surface area contributed by atoms with Crippen LogP contribution < -0.4 is 0 Å². The van der Waals surface area contributed by atoms with Gasteiger partial charge in [0.15, 0.2) is 18.1 Å². The van der Waals surface area contributed by atoms with Gasteiger partial charge >= 0.3 is 5.97 Å². The molecule has 1 aromatic heterocycles. The molecule has 3 rings (SSSR count). The molecule has 0 unspecified atom stereocenters. The predicted octanol–water partition coefficient (Wildman–Crippen LogP) is 1.78. The Balaban J connectivity index is 1.73. The monoisotopic (exact) mass is 369 g/mol. The van der Waals surface area contributed by atoms with Crippen LogP contribution in [0.5, 0.6) is 0 Å². The van der Waals surface area contributed by atoms with Crippen molar-refractivity contribution in [3.05, 3.63) is 41.7 Å². The first kappa shape index (κ1) is 18.8. The maximum absolute atomic E-state index is 12.7. The van der Waals surface area contributed by atoms with E-state index in [4.69, 9.17) is 4.74 Å². The maximum atomic E-state index is 12.7. The number of piperidine rings is 1. The van der Waals surface area contributed by atoms with Crippen molar-refractivity contribution in [1.29, 1.82) is 0 Å². The Kier molecular flexibility index (Phi) is 5.95. The van der Waals surface area contributed by atoms with Crippen molar-refractivity contribution in [3.63, 3.8) is 0 Å². The van der Waals surface area contributed by atoms with Crippen LogP contribution in [0.4, 0.5) is 0 Å². The number of hydrogen-bond acceptors (Lipinski definition) is 6. The van der Waals surface area contributed by atoms with Gasteiger partial charge in [0.05, 0.1) is 0 Å². The number of nitrogens with zero attached hydrogens (tertiary/aromatic N) is 5. The number of carbonyl (C=O) groups excluding carboxylic acids is 2. The Morgan fingerprint density at radius 1 is 1.30 bits per heavy atom. The van der Waals surface area contributed by atoms with Crippen LogP contribution in [-0.4, -0.2) is 56.7 Å². The number of amides is 1. The molecular formula is C19H23N5O3. The van der Waals surface area contributed by atoms with Gasteiger partial charge in [0.25, 0.3) is 5.91 Å². The van der Waals surface area contributed by atoms with Gasteiger partial charge in [0, 0.05) is 13.1 Å². The molecule has 27 heavy (non-hydrogen) atoms. The fourth-order valence-corrected chi connectivity index (χ4v) is 3.08. The molecule has 1 aliphatic rings. The van der Waals surface area contributed by atoms with Crippen molar-refractivity contribution in [2.75, 3.05) is 19.7 Å². The van der Waals surface area contributed by atoms with Crippen molar-refractivity contribution >= 4 is 23.6 Å². The molecule has 2 aromatic rings. The minimum atomic E-state index is -0.646. The minimum Gasteiger partial charge on any atom is -0.451 e. The Morgan fingerprint density at radius 2 is 2.07 bits per heavy atom. The molecule has 1 aromatic carbocycles. The lowest BCUT2D eigenvalue weighted by molar-refractivity contribution is -0.148. The molecule has 1 aliphatic heterocycles. The fraction of sp³-hybridized carbons (Fsp3) is 0.421. The summed E-state index contributed by atoms with van der Waals surface area (Å²) >= 11 is 0. The van der Waals surface area contributed by atoms with E-state index < -0.39 is 5.97 Å². The smallest absolute Gasteiger partial charge is 0.357 e. The van der Waals surface area contributed by atoms with Gasteiger partial charge in [-0.15, -0.1) is 5.10 Å². The van der Waals surface area contributed by atoms with Crippen LogP contribution in [0.2, 0.25) is 0 Å². The Morgan fingerprint density at radius 3 is 2.74 bits per heavy atom. The number of aryl methyl sites for hydroxylation is 1. The third-order valence-electron chi connectivity index (χ3n) is 4.50. The van der Waals surface area contributed by atoms with Crippen LogP contribution in [0.1, 0.15) is 31.2 Å². The van der Waals surface area contributed by atoms with E-state index in [1.165, 1.54) is 4.68 Å². The molecule has 0 radical (unpaired) electrons. The quantitative estimate of drug-likeness (QED) is 0.589. The Labute approximate surface area is 157 Å². The molecule has 0 saturated carbocycles. The average Bonchev–Trinajstić information content (AvgIpc) is 3.10. The summed E-state index contributed by atoms with van der Waals surface area (Å²) in [7, 11) is 0. The van der Waals surface area contributed by atoms with Gasteiger partial charge in [-0.2, -0.15) is 4.68 Å². The van der Waals surface area contributed by atoms with E-state index in [-0.39, 0.29) is 18.2 Å². The van der Waals surface area contributed by atoms with Gasteiger partial charge in [-0.3, -0.25) is 4.79 Å². The molecule has 1 fully saturated rings. The number of rotatable bonds is 5. The highest BCUT2D eigenvalue weighted by molar-refractivity contribution is 6.15. The average molecular weight is 369 g/mol. The summed E-state index contributed by atoms with van der Waals surface area (Å²) in [4.78, 5) is 26.8. The van der Waals surface area contributed by atoms with Crippen LogP contribution in [0.15, 0.2) is 30.3 Å². The van der Waals surface area contributed by atoms with Crippen LogP contribution in [0.25, 0.3) is 11.8 Å². The zero-order valence-electron chi connectivity index (χ0n) is 15.5. The Bertz CT molecular complexity index is 831. The molecule has 1 saturated heterocycles. The van der Waals surface area contributed by atoms with E-state index in [1.807, 2.05) is 30.3 Å². The molecule has 1 amide bonds. The summed E-state index contributed by atoms with van der Waals surface area (Å²) in [5.41, 5.74) is 0.957. The van der Waals surface area contributed by atoms with Crippen molar-refractivity contribution in [2.24, 2.45) is 5.92 Å². The topological polar surface area (TPSA) is 90.2 Å². The lowest BCUT2D eigenvalue weighted by Gasteiger charge is -2.30. The van der Waals surface area contributed by atoms with Crippen LogP contribution in [-0.2, 0) is 14.3 Å². The van der Waals surface area contributed by atoms with Crippen molar-refractivity contribution in [2.45, 2.75) is 26.7 Å². The lowest BCUT2D eigenvalue weighted by atomic mass is 10.0. The molecule has 0 spiro atoms. The molecule has 0 aliphatic carbocycles. The zero-order chi connectivity index (χ0) is 19.2. The molecule has 8 heteroatoms. The van der Waals surface area contributed by atoms with E-state index in [0.29, 0.717) is 24.8 Å². The predicted molar refractivity (Wildman–Crippen MR) is 99.1 cm³/mol. The first-order valence-corrected chi connectivity index (χ1v) is 9.01. The molecule has 142 valence electrons. The van der Waals surface area contributed by atoms with Gasteiger partial charge in [-0.05, 0) is 47.7 Å². The number of tetrazole rings is 1. The number of ether oxygens (including phenoxy) is 1. The second kappa shape index (κ2) is 8.57. The lowest BCUT2D eigenvalue weighted by Crippen LogP contribution is -2.41. The second-order valence-electron chi connectivity index (χ2n) is 6.74. The molecule has 2 heterocycles. The van der Waals surface area contributed by atoms with E-state index in [2.05, 4.69) is 22.4 Å². The maximum Gasteiger partial charge on any atom is 0.357 e. The molecule has 8 nitrogen and oxygen atoms in total. The number of hydrogen-bond donors (Lipinski definition) is 0. The summed E-state index contributed by atoms with van der Waals surface area (Å²) < 4.78 is 6.60. The van der Waals surface area contributed by atoms with Gasteiger partial charge in [0.1, 0.15) is 0 Å². The summed E-state index contributed by atoms with van der Waals surface area (Å²) in [6.45, 7) is 4.92. The normalized spacial score (nSPS) is 17.6. The molecule has 1 atom stereocenters. The van der Waals surface area contributed by atoms with Gasteiger partial charge in [0.2, 0.25) is 0 Å². The molecule has 0 N–H and O–H groups in total. The van der Waals surface area contributed by atoms with Crippen molar-refractivity contribution < 1.29 is 14.3 Å². The van der Waals surface area contributed by atoms with Crippen molar-refractivity contribution in [3.8, 4) is 0 Å². The third-order valence-corrected chi connectivity index (χ3v) is 4.50. The van der Waals surface area contributed by atoms with E-state index in [9.17, 15) is 9.59 Å². The largest absolute Gasteiger partial charge is 0.451 e. The number of benzene rings is 1. The van der Waals surface area contributed by atoms with Crippen LogP contribution in [0, 0.1) is 12.8 Å². The van der Waals surface area contributed by atoms with Gasteiger partial charge in [-0.25, -0.2) is 4.79 Å². The third kappa shape index (κ3) is 4.78. The number of likely N-dealkylation sites (tertiary alicyclic amines) is 1. The van der Waals surface area contributed by atoms with Crippen LogP contribution in [0.3, 0.4) is 0 Å². The van der Waals surface area contributed by atoms with E-state index in [1.54, 1.807) is 17.9 Å². The highest BCUT2D eigenvalue weighted by Gasteiger charge is 2.24. The molecule has 0 bridgehead atoms. The standard InChI is InChI=1S/C19H23N5O3/c1-14-7-6-10-23(12-14)18(25)13-27-19(26)17(24-15(2)20-21-22-24)11-16-8-4-3-5-9-16/h3-5,8-9,11,14H,6-7,10,12-13H2,1-2H3/b17-11-/t14-/m1/s1. The minimum absolute atomic E-state index is 0.156. The fourth-order valence-electron chi connectivity index (χ4n) is 3.08. The van der Waals surface area contributed by atoms with Gasteiger partial charge < -0.3 is 9.64 Å². The first-order valence-electron chi connectivity index (χ1n) is 9.01. The number of carbonyl (C=O) groups is 2. The summed E-state index contributed by atoms with van der Waals surface area (Å²) in [6.07, 6.45) is 3.73. The van der Waals surface area contributed by atoms with Gasteiger partial charge in [-0.1, -0.05) is 37.3 Å². The Hall–Kier alpha value is -3.03. The second-order valence-corrected chi connectivity index (χ2v) is 6.74. The first-order chi connectivity index (χ1) is 13.0. The zero-order valence-corrected chi connectivity index (χ0v) is 15.5. The van der Waals surface area contributed by atoms with E-state index in [0.717, 1.165) is 18.4 Å². The summed E-state index contributed by atoms with van der Waals surface area (Å²) in [5.74, 6) is 0.0937. The van der Waals surface area contributed by atoms with Crippen LogP contribution >= 0.6 is 0 Å². The highest BCUT2D eigenvalue weighted by Crippen LogP contribution is 2.16. The SMILES string of the molecule is Cc1nnnn1/C(=C\c1ccccc1)C(=O)OCC(=O)N1CCC[C@@H](C)C1. The summed E-state index contributed by atoms with van der Waals surface area (Å²) in [6, 6.07) is 9.32. The number of aromatic nitrogens is 4. The summed E-state index contributed by atoms with van der Waals surface area (Å²) in [5, 5.41) is 11.3. The van der Waals surface area contributed by atoms with Crippen molar-refractivity contribution in [1.82, 2.24) is 25.1 Å². The molecular weight excluding hydrogens is 346 g/mol. The highest BCUT2D eigenvalue weighted by atomic mass is 16.5. The number of esters is 1.